The van der Waals surface area contributed by atoms with Crippen LogP contribution in [-0.4, -0.2) is 13.1 Å². The third-order valence-corrected chi connectivity index (χ3v) is 3.76. The van der Waals surface area contributed by atoms with Crippen molar-refractivity contribution in [1.82, 2.24) is 0 Å². The lowest BCUT2D eigenvalue weighted by atomic mass is 10.0. The average molecular weight is 318 g/mol. The SMILES string of the molecule is COC(=O)/C=C/c1c(OCc2ccccc2)ccc2ccccc12. The zero-order valence-electron chi connectivity index (χ0n) is 13.4. The van der Waals surface area contributed by atoms with Gasteiger partial charge in [-0.3, -0.25) is 0 Å². The maximum Gasteiger partial charge on any atom is 0.330 e. The van der Waals surface area contributed by atoms with Crippen molar-refractivity contribution in [3.63, 3.8) is 0 Å². The van der Waals surface area contributed by atoms with Gasteiger partial charge in [-0.05, 0) is 28.5 Å². The molecule has 0 aromatic heterocycles. The van der Waals surface area contributed by atoms with Crippen molar-refractivity contribution >= 4 is 22.8 Å². The van der Waals surface area contributed by atoms with Crippen LogP contribution in [0.4, 0.5) is 0 Å². The fraction of sp³-hybridized carbons (Fsp3) is 0.0952. The summed E-state index contributed by atoms with van der Waals surface area (Å²) in [5.41, 5.74) is 1.96. The Morgan fingerprint density at radius 2 is 1.71 bits per heavy atom. The van der Waals surface area contributed by atoms with Gasteiger partial charge in [0.15, 0.2) is 0 Å². The molecule has 3 nitrogen and oxygen atoms in total. The summed E-state index contributed by atoms with van der Waals surface area (Å²) in [5, 5.41) is 2.12. The molecule has 0 aliphatic heterocycles. The van der Waals surface area contributed by atoms with Crippen LogP contribution < -0.4 is 4.74 Å². The quantitative estimate of drug-likeness (QED) is 0.509. The lowest BCUT2D eigenvalue weighted by molar-refractivity contribution is -0.134. The molecule has 0 saturated carbocycles. The van der Waals surface area contributed by atoms with E-state index in [-0.39, 0.29) is 0 Å². The molecule has 0 aliphatic rings. The molecule has 0 amide bonds. The second kappa shape index (κ2) is 7.47. The van der Waals surface area contributed by atoms with Gasteiger partial charge in [0.05, 0.1) is 7.11 Å². The van der Waals surface area contributed by atoms with E-state index >= 15 is 0 Å². The van der Waals surface area contributed by atoms with Gasteiger partial charge in [0.25, 0.3) is 0 Å². The summed E-state index contributed by atoms with van der Waals surface area (Å²) < 4.78 is 10.7. The fourth-order valence-electron chi connectivity index (χ4n) is 2.53. The highest BCUT2D eigenvalue weighted by molar-refractivity contribution is 5.96. The number of fused-ring (bicyclic) bond motifs is 1. The highest BCUT2D eigenvalue weighted by Gasteiger charge is 2.07. The first-order valence-electron chi connectivity index (χ1n) is 7.72. The summed E-state index contributed by atoms with van der Waals surface area (Å²) >= 11 is 0. The van der Waals surface area contributed by atoms with E-state index in [9.17, 15) is 4.79 Å². The zero-order chi connectivity index (χ0) is 16.8. The molecule has 24 heavy (non-hydrogen) atoms. The van der Waals surface area contributed by atoms with E-state index in [0.29, 0.717) is 6.61 Å². The molecule has 0 unspecified atom stereocenters. The van der Waals surface area contributed by atoms with E-state index in [2.05, 4.69) is 4.74 Å². The smallest absolute Gasteiger partial charge is 0.330 e. The lowest BCUT2D eigenvalue weighted by Gasteiger charge is -2.12. The largest absolute Gasteiger partial charge is 0.488 e. The van der Waals surface area contributed by atoms with Crippen molar-refractivity contribution < 1.29 is 14.3 Å². The number of hydrogen-bond acceptors (Lipinski definition) is 3. The third kappa shape index (κ3) is 3.63. The molecule has 0 aliphatic carbocycles. The molecule has 0 atom stereocenters. The lowest BCUT2D eigenvalue weighted by Crippen LogP contribution is -1.98. The van der Waals surface area contributed by atoms with Gasteiger partial charge >= 0.3 is 5.97 Å². The molecule has 0 spiro atoms. The fourth-order valence-corrected chi connectivity index (χ4v) is 2.53. The highest BCUT2D eigenvalue weighted by atomic mass is 16.5. The first-order chi connectivity index (χ1) is 11.8. The molecule has 3 rings (SSSR count). The number of esters is 1. The molecule has 0 saturated heterocycles. The molecule has 3 aromatic carbocycles. The van der Waals surface area contributed by atoms with Crippen LogP contribution in [0.25, 0.3) is 16.8 Å². The summed E-state index contributed by atoms with van der Waals surface area (Å²) in [6.07, 6.45) is 3.16. The van der Waals surface area contributed by atoms with Crippen molar-refractivity contribution in [1.29, 1.82) is 0 Å². The number of rotatable bonds is 5. The van der Waals surface area contributed by atoms with Crippen molar-refractivity contribution in [3.8, 4) is 5.75 Å². The Morgan fingerprint density at radius 3 is 2.50 bits per heavy atom. The minimum Gasteiger partial charge on any atom is -0.488 e. The van der Waals surface area contributed by atoms with Gasteiger partial charge in [0, 0.05) is 11.6 Å². The van der Waals surface area contributed by atoms with Crippen LogP contribution in [0.15, 0.2) is 72.8 Å². The van der Waals surface area contributed by atoms with E-state index in [0.717, 1.165) is 27.6 Å². The molecular weight excluding hydrogens is 300 g/mol. The summed E-state index contributed by atoms with van der Waals surface area (Å²) in [5.74, 6) is 0.342. The molecule has 0 radical (unpaired) electrons. The Balaban J connectivity index is 1.96. The van der Waals surface area contributed by atoms with Gasteiger partial charge in [-0.15, -0.1) is 0 Å². The van der Waals surface area contributed by atoms with E-state index < -0.39 is 5.97 Å². The molecule has 3 aromatic rings. The summed E-state index contributed by atoms with van der Waals surface area (Å²) in [6, 6.07) is 21.9. The van der Waals surface area contributed by atoms with E-state index in [1.165, 1.54) is 13.2 Å². The minimum atomic E-state index is -0.392. The second-order valence-electron chi connectivity index (χ2n) is 5.33. The zero-order valence-corrected chi connectivity index (χ0v) is 13.4. The maximum absolute atomic E-state index is 11.5. The van der Waals surface area contributed by atoms with E-state index in [1.807, 2.05) is 66.7 Å². The van der Waals surface area contributed by atoms with Crippen LogP contribution in [0.5, 0.6) is 5.75 Å². The van der Waals surface area contributed by atoms with Crippen LogP contribution >= 0.6 is 0 Å². The number of hydrogen-bond donors (Lipinski definition) is 0. The van der Waals surface area contributed by atoms with Gasteiger partial charge < -0.3 is 9.47 Å². The van der Waals surface area contributed by atoms with Gasteiger partial charge in [-0.25, -0.2) is 4.79 Å². The highest BCUT2D eigenvalue weighted by Crippen LogP contribution is 2.30. The molecule has 0 N–H and O–H groups in total. The Morgan fingerprint density at radius 1 is 0.958 bits per heavy atom. The van der Waals surface area contributed by atoms with Crippen molar-refractivity contribution in [2.75, 3.05) is 7.11 Å². The van der Waals surface area contributed by atoms with E-state index in [1.54, 1.807) is 6.08 Å². The Labute approximate surface area is 141 Å². The van der Waals surface area contributed by atoms with E-state index in [4.69, 9.17) is 4.74 Å². The van der Waals surface area contributed by atoms with Gasteiger partial charge in [-0.1, -0.05) is 60.7 Å². The first kappa shape index (κ1) is 15.8. The third-order valence-electron chi connectivity index (χ3n) is 3.76. The molecular formula is C21H18O3. The molecule has 0 heterocycles. The second-order valence-corrected chi connectivity index (χ2v) is 5.33. The van der Waals surface area contributed by atoms with Crippen molar-refractivity contribution in [2.24, 2.45) is 0 Å². The van der Waals surface area contributed by atoms with Crippen LogP contribution in [0, 0.1) is 0 Å². The number of ether oxygens (including phenoxy) is 2. The topological polar surface area (TPSA) is 35.5 Å². The van der Waals surface area contributed by atoms with Crippen molar-refractivity contribution in [2.45, 2.75) is 6.61 Å². The van der Waals surface area contributed by atoms with Gasteiger partial charge in [-0.2, -0.15) is 0 Å². The van der Waals surface area contributed by atoms with Gasteiger partial charge in [0.2, 0.25) is 0 Å². The molecule has 0 fully saturated rings. The maximum atomic E-state index is 11.5. The van der Waals surface area contributed by atoms with Crippen molar-refractivity contribution in [3.05, 3.63) is 83.9 Å². The monoisotopic (exact) mass is 318 g/mol. The summed E-state index contributed by atoms with van der Waals surface area (Å²) in [6.45, 7) is 0.470. The molecule has 120 valence electrons. The predicted octanol–water partition coefficient (Wildman–Crippen LogP) is 4.61. The normalized spacial score (nSPS) is 10.9. The number of carbonyl (C=O) groups is 1. The standard InChI is InChI=1S/C21H18O3/c1-23-21(22)14-12-19-18-10-6-5-9-17(18)11-13-20(19)24-15-16-7-3-2-4-8-16/h2-14H,15H2,1H3/b14-12+. The Hall–Kier alpha value is -3.07. The number of benzene rings is 3. The number of methoxy groups -OCH3 is 1. The van der Waals surface area contributed by atoms with Crippen LogP contribution in [-0.2, 0) is 16.1 Å². The summed E-state index contributed by atoms with van der Waals surface area (Å²) in [4.78, 5) is 11.5. The average Bonchev–Trinajstić information content (AvgIpc) is 2.65. The Bertz CT molecular complexity index is 867. The van der Waals surface area contributed by atoms with Gasteiger partial charge in [0.1, 0.15) is 12.4 Å². The minimum absolute atomic E-state index is 0.392. The summed E-state index contributed by atoms with van der Waals surface area (Å²) in [7, 11) is 1.36. The van der Waals surface area contributed by atoms with Crippen LogP contribution in [0.1, 0.15) is 11.1 Å². The first-order valence-corrected chi connectivity index (χ1v) is 7.72. The molecule has 3 heteroatoms. The number of carbonyl (C=O) groups excluding carboxylic acids is 1. The van der Waals surface area contributed by atoms with Crippen LogP contribution in [0.2, 0.25) is 0 Å². The molecule has 0 bridgehead atoms. The predicted molar refractivity (Wildman–Crippen MR) is 95.8 cm³/mol. The van der Waals surface area contributed by atoms with Crippen LogP contribution in [0.3, 0.4) is 0 Å². The Kier molecular flexibility index (Phi) is 4.92.